The van der Waals surface area contributed by atoms with Gasteiger partial charge < -0.3 is 28.5 Å². The number of hydrogen-bond donors (Lipinski definition) is 1. The van der Waals surface area contributed by atoms with Gasteiger partial charge in [-0.3, -0.25) is 9.59 Å². The molecule has 242 valence electrons. The summed E-state index contributed by atoms with van der Waals surface area (Å²) in [6.45, 7) is 4.77. The number of carbonyl (C=O) groups excluding carboxylic acids is 2. The molecule has 0 amide bonds. The molecule has 0 aliphatic heterocycles. The first-order valence-electron chi connectivity index (χ1n) is 16.2. The number of quaternary nitrogens is 1. The summed E-state index contributed by atoms with van der Waals surface area (Å²) in [4.78, 5) is 36.4. The smallest absolute Gasteiger partial charge is 0.361 e. The fraction of sp³-hybridized carbons (Fsp3) is 0.906. The van der Waals surface area contributed by atoms with Crippen LogP contribution >= 0.6 is 0 Å². The molecule has 0 rings (SSSR count). The molecule has 0 aliphatic rings. The number of aliphatic carboxylic acids is 1. The SMILES string of the molecule is CCCCCCCCCCCC(=O)OC(COC(=O)CCCCCCCCC)COC(OCC[N+](C)(C)C)C(=O)O. The Kier molecular flexibility index (Phi) is 24.9. The molecule has 0 aliphatic carbocycles. The van der Waals surface area contributed by atoms with E-state index in [-0.39, 0.29) is 32.2 Å². The van der Waals surface area contributed by atoms with Crippen molar-refractivity contribution in [1.29, 1.82) is 0 Å². The Balaban J connectivity index is 4.64. The third kappa shape index (κ3) is 26.9. The topological polar surface area (TPSA) is 108 Å². The molecule has 1 N–H and O–H groups in total. The summed E-state index contributed by atoms with van der Waals surface area (Å²) >= 11 is 0. The predicted octanol–water partition coefficient (Wildman–Crippen LogP) is 6.65. The van der Waals surface area contributed by atoms with Crippen LogP contribution in [0, 0.1) is 0 Å². The van der Waals surface area contributed by atoms with E-state index in [1.165, 1.54) is 64.2 Å². The van der Waals surface area contributed by atoms with Crippen LogP contribution in [-0.4, -0.2) is 87.4 Å². The molecule has 2 atom stereocenters. The zero-order valence-electron chi connectivity index (χ0n) is 27.0. The maximum absolute atomic E-state index is 12.5. The quantitative estimate of drug-likeness (QED) is 0.0448. The Morgan fingerprint density at radius 2 is 1.10 bits per heavy atom. The van der Waals surface area contributed by atoms with E-state index in [9.17, 15) is 19.5 Å². The highest BCUT2D eigenvalue weighted by molar-refractivity contribution is 5.71. The highest BCUT2D eigenvalue weighted by atomic mass is 16.7. The van der Waals surface area contributed by atoms with Gasteiger partial charge in [0.15, 0.2) is 6.10 Å². The molecule has 0 aromatic carbocycles. The van der Waals surface area contributed by atoms with Crippen molar-refractivity contribution in [2.75, 3.05) is 47.5 Å². The van der Waals surface area contributed by atoms with Gasteiger partial charge in [-0.25, -0.2) is 4.79 Å². The molecule has 0 aromatic heterocycles. The van der Waals surface area contributed by atoms with Crippen molar-refractivity contribution in [2.45, 2.75) is 142 Å². The third-order valence-corrected chi connectivity index (χ3v) is 6.86. The second-order valence-corrected chi connectivity index (χ2v) is 12.1. The van der Waals surface area contributed by atoms with Gasteiger partial charge in [0.2, 0.25) is 0 Å². The van der Waals surface area contributed by atoms with E-state index in [2.05, 4.69) is 13.8 Å². The summed E-state index contributed by atoms with van der Waals surface area (Å²) in [6, 6.07) is 0. The number of carbonyl (C=O) groups is 3. The monoisotopic (exact) mass is 588 g/mol. The van der Waals surface area contributed by atoms with Gasteiger partial charge in [-0.15, -0.1) is 0 Å². The van der Waals surface area contributed by atoms with Crippen molar-refractivity contribution in [3.63, 3.8) is 0 Å². The van der Waals surface area contributed by atoms with Crippen LogP contribution in [0.25, 0.3) is 0 Å². The summed E-state index contributed by atoms with van der Waals surface area (Å²) in [6.07, 6.45) is 16.1. The standard InChI is InChI=1S/C32H61NO8/c1-6-8-10-12-14-15-17-19-21-23-30(35)41-28(26-39-29(34)22-20-18-16-13-11-9-7-2)27-40-32(31(36)37)38-25-24-33(3,4)5/h28,32H,6-27H2,1-5H3/p+1. The molecule has 0 saturated heterocycles. The molecule has 0 saturated carbocycles. The minimum atomic E-state index is -1.50. The number of unbranched alkanes of at least 4 members (excludes halogenated alkanes) is 14. The van der Waals surface area contributed by atoms with Crippen LogP contribution < -0.4 is 0 Å². The number of ether oxygens (including phenoxy) is 4. The Labute approximate surface area is 250 Å². The maximum atomic E-state index is 12.5. The molecule has 2 unspecified atom stereocenters. The first kappa shape index (κ1) is 39.3. The summed E-state index contributed by atoms with van der Waals surface area (Å²) in [7, 11) is 5.93. The van der Waals surface area contributed by atoms with Crippen molar-refractivity contribution in [2.24, 2.45) is 0 Å². The van der Waals surface area contributed by atoms with Gasteiger partial charge in [0.05, 0.1) is 34.4 Å². The van der Waals surface area contributed by atoms with Crippen LogP contribution in [0.2, 0.25) is 0 Å². The van der Waals surface area contributed by atoms with Gasteiger partial charge in [-0.05, 0) is 12.8 Å². The summed E-state index contributed by atoms with van der Waals surface area (Å²) in [5.41, 5.74) is 0. The van der Waals surface area contributed by atoms with Gasteiger partial charge in [-0.1, -0.05) is 104 Å². The third-order valence-electron chi connectivity index (χ3n) is 6.86. The number of nitrogens with zero attached hydrogens (tertiary/aromatic N) is 1. The lowest BCUT2D eigenvalue weighted by Crippen LogP contribution is -2.40. The van der Waals surface area contributed by atoms with E-state index in [4.69, 9.17) is 18.9 Å². The molecular formula is C32H62NO8+. The highest BCUT2D eigenvalue weighted by Gasteiger charge is 2.25. The van der Waals surface area contributed by atoms with Gasteiger partial charge in [-0.2, -0.15) is 0 Å². The molecule has 9 nitrogen and oxygen atoms in total. The lowest BCUT2D eigenvalue weighted by atomic mass is 10.1. The molecule has 0 spiro atoms. The minimum Gasteiger partial charge on any atom is -0.477 e. The first-order chi connectivity index (χ1) is 19.6. The number of rotatable bonds is 29. The van der Waals surface area contributed by atoms with E-state index in [0.717, 1.165) is 38.5 Å². The molecule has 0 fully saturated rings. The molecule has 0 bridgehead atoms. The second-order valence-electron chi connectivity index (χ2n) is 12.1. The van der Waals surface area contributed by atoms with Gasteiger partial charge in [0.25, 0.3) is 6.29 Å². The fourth-order valence-corrected chi connectivity index (χ4v) is 4.24. The highest BCUT2D eigenvalue weighted by Crippen LogP contribution is 2.13. The van der Waals surface area contributed by atoms with Crippen molar-refractivity contribution in [3.05, 3.63) is 0 Å². The molecule has 0 heterocycles. The lowest BCUT2D eigenvalue weighted by Gasteiger charge is -2.25. The van der Waals surface area contributed by atoms with Crippen LogP contribution in [0.3, 0.4) is 0 Å². The normalized spacial score (nSPS) is 13.1. The fourth-order valence-electron chi connectivity index (χ4n) is 4.24. The van der Waals surface area contributed by atoms with E-state index >= 15 is 0 Å². The maximum Gasteiger partial charge on any atom is 0.361 e. The van der Waals surface area contributed by atoms with E-state index in [0.29, 0.717) is 17.4 Å². The number of carboxylic acids is 1. The van der Waals surface area contributed by atoms with E-state index < -0.39 is 24.3 Å². The number of likely N-dealkylation sites (N-methyl/N-ethyl adjacent to an activating group) is 1. The van der Waals surface area contributed by atoms with Crippen LogP contribution in [0.4, 0.5) is 0 Å². The average Bonchev–Trinajstić information content (AvgIpc) is 2.91. The Morgan fingerprint density at radius 3 is 1.56 bits per heavy atom. The van der Waals surface area contributed by atoms with Crippen LogP contribution in [0.5, 0.6) is 0 Å². The predicted molar refractivity (Wildman–Crippen MR) is 162 cm³/mol. The Bertz CT molecular complexity index is 665. The number of carboxylic acid groups (broad SMARTS) is 1. The van der Waals surface area contributed by atoms with Gasteiger partial charge >= 0.3 is 17.9 Å². The minimum absolute atomic E-state index is 0.177. The molecule has 0 radical (unpaired) electrons. The zero-order valence-corrected chi connectivity index (χ0v) is 27.0. The first-order valence-corrected chi connectivity index (χ1v) is 16.2. The zero-order chi connectivity index (χ0) is 30.8. The van der Waals surface area contributed by atoms with Crippen LogP contribution in [-0.2, 0) is 33.3 Å². The second kappa shape index (κ2) is 26.0. The summed E-state index contributed by atoms with van der Waals surface area (Å²) in [5, 5.41) is 9.50. The van der Waals surface area contributed by atoms with Gasteiger partial charge in [0, 0.05) is 12.8 Å². The largest absolute Gasteiger partial charge is 0.477 e. The Morgan fingerprint density at radius 1 is 0.634 bits per heavy atom. The van der Waals surface area contributed by atoms with Crippen molar-refractivity contribution < 1.29 is 42.9 Å². The van der Waals surface area contributed by atoms with Crippen molar-refractivity contribution in [3.8, 4) is 0 Å². The summed E-state index contributed by atoms with van der Waals surface area (Å²) in [5.74, 6) is -2.02. The average molecular weight is 589 g/mol. The molecular weight excluding hydrogens is 526 g/mol. The summed E-state index contributed by atoms with van der Waals surface area (Å²) < 4.78 is 22.4. The van der Waals surface area contributed by atoms with E-state index in [1.807, 2.05) is 21.1 Å². The number of esters is 2. The van der Waals surface area contributed by atoms with Crippen molar-refractivity contribution in [1.82, 2.24) is 0 Å². The number of hydrogen-bond acceptors (Lipinski definition) is 7. The van der Waals surface area contributed by atoms with E-state index in [1.54, 1.807) is 0 Å². The lowest BCUT2D eigenvalue weighted by molar-refractivity contribution is -0.870. The Hall–Kier alpha value is -1.71. The molecule has 0 aromatic rings. The van der Waals surface area contributed by atoms with Gasteiger partial charge in [0.1, 0.15) is 13.2 Å². The van der Waals surface area contributed by atoms with Crippen molar-refractivity contribution >= 4 is 17.9 Å². The van der Waals surface area contributed by atoms with Crippen LogP contribution in [0.1, 0.15) is 129 Å². The molecule has 41 heavy (non-hydrogen) atoms. The van der Waals surface area contributed by atoms with Crippen LogP contribution in [0.15, 0.2) is 0 Å². The molecule has 9 heteroatoms.